The van der Waals surface area contributed by atoms with Crippen LogP contribution in [0, 0.1) is 0 Å². The molecule has 0 saturated heterocycles. The maximum atomic E-state index is 10.3. The van der Waals surface area contributed by atoms with E-state index < -0.39 is 11.3 Å². The summed E-state index contributed by atoms with van der Waals surface area (Å²) in [7, 11) is 0. The van der Waals surface area contributed by atoms with E-state index in [1.807, 2.05) is 30.3 Å². The Morgan fingerprint density at radius 2 is 2.20 bits per heavy atom. The summed E-state index contributed by atoms with van der Waals surface area (Å²) in [6, 6.07) is 9.62. The number of nitrogens with one attached hydrogen (secondary N) is 1. The summed E-state index contributed by atoms with van der Waals surface area (Å²) in [6.07, 6.45) is 1.67. The molecule has 2 rings (SSSR count). The molecule has 0 aliphatic carbocycles. The van der Waals surface area contributed by atoms with E-state index in [-0.39, 0.29) is 6.54 Å². The second-order valence-electron chi connectivity index (χ2n) is 3.09. The van der Waals surface area contributed by atoms with Gasteiger partial charge in [-0.25, -0.2) is 4.72 Å². The number of aromatic nitrogens is 1. The number of benzene rings is 1. The van der Waals surface area contributed by atoms with Crippen molar-refractivity contribution in [2.24, 2.45) is 0 Å². The maximum absolute atomic E-state index is 10.3. The van der Waals surface area contributed by atoms with Crippen molar-refractivity contribution in [2.75, 3.05) is 0 Å². The predicted molar refractivity (Wildman–Crippen MR) is 57.5 cm³/mol. The normalized spacial score (nSPS) is 12.9. The zero-order valence-corrected chi connectivity index (χ0v) is 8.66. The van der Waals surface area contributed by atoms with Gasteiger partial charge in [0.15, 0.2) is 0 Å². The first kappa shape index (κ1) is 10.2. The number of hydrogen-bond acceptors (Lipinski definition) is 3. The van der Waals surface area contributed by atoms with E-state index in [2.05, 4.69) is 9.71 Å². The van der Waals surface area contributed by atoms with Gasteiger partial charge in [0, 0.05) is 29.4 Å². The molecule has 2 aromatic rings. The average Bonchev–Trinajstić information content (AvgIpc) is 2.26. The molecule has 0 radical (unpaired) electrons. The molecule has 1 N–H and O–H groups in total. The van der Waals surface area contributed by atoms with Gasteiger partial charge in [0.05, 0.1) is 5.52 Å². The first-order valence-electron chi connectivity index (χ1n) is 4.42. The van der Waals surface area contributed by atoms with E-state index in [4.69, 9.17) is 0 Å². The molecule has 1 unspecified atom stereocenters. The van der Waals surface area contributed by atoms with Crippen LogP contribution in [0.15, 0.2) is 36.5 Å². The molecule has 78 valence electrons. The molecule has 15 heavy (non-hydrogen) atoms. The molecule has 1 aromatic carbocycles. The van der Waals surface area contributed by atoms with Crippen molar-refractivity contribution in [3.8, 4) is 0 Å². The number of hydrogen-bond donors (Lipinski definition) is 1. The molecule has 0 aliphatic heterocycles. The van der Waals surface area contributed by atoms with Gasteiger partial charge < -0.3 is 4.55 Å². The molecule has 0 amide bonds. The number of fused-ring (bicyclic) bond motifs is 1. The van der Waals surface area contributed by atoms with Crippen LogP contribution in [0.25, 0.3) is 10.9 Å². The van der Waals surface area contributed by atoms with Crippen LogP contribution in [0.2, 0.25) is 0 Å². The van der Waals surface area contributed by atoms with Crippen molar-refractivity contribution in [1.29, 1.82) is 0 Å². The number of nitrogens with zero attached hydrogens (tertiary/aromatic N) is 1. The highest BCUT2D eigenvalue weighted by Crippen LogP contribution is 2.12. The van der Waals surface area contributed by atoms with E-state index in [1.54, 1.807) is 6.20 Å². The summed E-state index contributed by atoms with van der Waals surface area (Å²) in [6.45, 7) is 0.272. The van der Waals surface area contributed by atoms with Crippen molar-refractivity contribution in [1.82, 2.24) is 9.71 Å². The Balaban J connectivity index is 2.26. The zero-order chi connectivity index (χ0) is 10.7. The highest BCUT2D eigenvalue weighted by Gasteiger charge is 1.96. The first-order chi connectivity index (χ1) is 7.25. The molecular weight excluding hydrogens is 212 g/mol. The Morgan fingerprint density at radius 3 is 3.00 bits per heavy atom. The Morgan fingerprint density at radius 1 is 1.40 bits per heavy atom. The third kappa shape index (κ3) is 2.59. The molecular formula is C10H9N2O2S-. The lowest BCUT2D eigenvalue weighted by Crippen LogP contribution is -2.15. The highest BCUT2D eigenvalue weighted by molar-refractivity contribution is 7.77. The van der Waals surface area contributed by atoms with Gasteiger partial charge in [-0.05, 0) is 17.7 Å². The summed E-state index contributed by atoms with van der Waals surface area (Å²) in [5.41, 5.74) is 1.75. The van der Waals surface area contributed by atoms with Crippen LogP contribution in [0.3, 0.4) is 0 Å². The van der Waals surface area contributed by atoms with Crippen LogP contribution in [-0.2, 0) is 17.8 Å². The average molecular weight is 221 g/mol. The Hall–Kier alpha value is -1.30. The SMILES string of the molecule is O=S([O-])NCc1cnc2ccccc2c1. The number of rotatable bonds is 3. The molecule has 0 spiro atoms. The van der Waals surface area contributed by atoms with Crippen LogP contribution >= 0.6 is 0 Å². The molecule has 0 saturated carbocycles. The zero-order valence-electron chi connectivity index (χ0n) is 7.84. The van der Waals surface area contributed by atoms with Gasteiger partial charge >= 0.3 is 0 Å². The summed E-state index contributed by atoms with van der Waals surface area (Å²) in [5.74, 6) is 0. The molecule has 0 bridgehead atoms. The van der Waals surface area contributed by atoms with E-state index in [1.165, 1.54) is 0 Å². The fourth-order valence-electron chi connectivity index (χ4n) is 1.36. The van der Waals surface area contributed by atoms with Crippen LogP contribution in [-0.4, -0.2) is 13.7 Å². The third-order valence-electron chi connectivity index (χ3n) is 2.04. The van der Waals surface area contributed by atoms with Crippen molar-refractivity contribution in [2.45, 2.75) is 6.54 Å². The molecule has 1 heterocycles. The Labute approximate surface area is 89.8 Å². The van der Waals surface area contributed by atoms with Crippen LogP contribution in [0.4, 0.5) is 0 Å². The minimum Gasteiger partial charge on any atom is -0.760 e. The fraction of sp³-hybridized carbons (Fsp3) is 0.100. The van der Waals surface area contributed by atoms with Crippen LogP contribution in [0.1, 0.15) is 5.56 Å². The Kier molecular flexibility index (Phi) is 3.05. The quantitative estimate of drug-likeness (QED) is 0.790. The van der Waals surface area contributed by atoms with Gasteiger partial charge in [-0.1, -0.05) is 18.2 Å². The van der Waals surface area contributed by atoms with Gasteiger partial charge in [-0.2, -0.15) is 0 Å². The summed E-state index contributed by atoms with van der Waals surface area (Å²) < 4.78 is 22.9. The second kappa shape index (κ2) is 4.48. The summed E-state index contributed by atoms with van der Waals surface area (Å²) >= 11 is -2.23. The first-order valence-corrected chi connectivity index (χ1v) is 5.49. The van der Waals surface area contributed by atoms with Gasteiger partial charge in [0.2, 0.25) is 0 Å². The van der Waals surface area contributed by atoms with E-state index in [9.17, 15) is 8.76 Å². The van der Waals surface area contributed by atoms with Crippen LogP contribution < -0.4 is 4.72 Å². The molecule has 0 aliphatic rings. The van der Waals surface area contributed by atoms with Crippen LogP contribution in [0.5, 0.6) is 0 Å². The molecule has 0 fully saturated rings. The van der Waals surface area contributed by atoms with Crippen molar-refractivity contribution < 1.29 is 8.76 Å². The standard InChI is InChI=1S/C10H10N2O2S/c13-15(14)12-7-8-5-9-3-1-2-4-10(9)11-6-8/h1-6,12H,7H2,(H,13,14)/p-1. The molecule has 1 aromatic heterocycles. The molecule has 4 nitrogen and oxygen atoms in total. The van der Waals surface area contributed by atoms with E-state index in [0.29, 0.717) is 0 Å². The van der Waals surface area contributed by atoms with Gasteiger partial charge in [0.1, 0.15) is 0 Å². The van der Waals surface area contributed by atoms with Crippen molar-refractivity contribution in [3.05, 3.63) is 42.1 Å². The summed E-state index contributed by atoms with van der Waals surface area (Å²) in [5, 5.41) is 1.01. The largest absolute Gasteiger partial charge is 0.760 e. The van der Waals surface area contributed by atoms with Gasteiger partial charge in [-0.15, -0.1) is 0 Å². The minimum absolute atomic E-state index is 0.272. The fourth-order valence-corrected chi connectivity index (χ4v) is 1.64. The smallest absolute Gasteiger partial charge is 0.0702 e. The van der Waals surface area contributed by atoms with Crippen molar-refractivity contribution >= 4 is 22.2 Å². The Bertz CT molecular complexity index is 502. The number of para-hydroxylation sites is 1. The van der Waals surface area contributed by atoms with E-state index >= 15 is 0 Å². The van der Waals surface area contributed by atoms with Gasteiger partial charge in [0.25, 0.3) is 0 Å². The van der Waals surface area contributed by atoms with Crippen molar-refractivity contribution in [3.63, 3.8) is 0 Å². The predicted octanol–water partition coefficient (Wildman–Crippen LogP) is 1.12. The highest BCUT2D eigenvalue weighted by atomic mass is 32.2. The lowest BCUT2D eigenvalue weighted by Gasteiger charge is -2.07. The maximum Gasteiger partial charge on any atom is 0.0702 e. The molecule has 5 heteroatoms. The third-order valence-corrected chi connectivity index (χ3v) is 2.42. The second-order valence-corrected chi connectivity index (χ2v) is 3.85. The molecule has 1 atom stereocenters. The number of pyridine rings is 1. The minimum atomic E-state index is -2.23. The topological polar surface area (TPSA) is 65.0 Å². The monoisotopic (exact) mass is 221 g/mol. The lowest BCUT2D eigenvalue weighted by atomic mass is 10.2. The lowest BCUT2D eigenvalue weighted by molar-refractivity contribution is 0.522. The van der Waals surface area contributed by atoms with E-state index in [0.717, 1.165) is 16.5 Å². The van der Waals surface area contributed by atoms with Gasteiger partial charge in [-0.3, -0.25) is 9.19 Å². The summed E-state index contributed by atoms with van der Waals surface area (Å²) in [4.78, 5) is 4.22.